The molecule has 3 aromatic carbocycles. The van der Waals surface area contributed by atoms with Crippen molar-refractivity contribution in [3.63, 3.8) is 0 Å². The first-order valence-electron chi connectivity index (χ1n) is 10.3. The van der Waals surface area contributed by atoms with E-state index in [1.807, 2.05) is 6.07 Å². The highest BCUT2D eigenvalue weighted by atomic mass is 35.5. The van der Waals surface area contributed by atoms with Crippen LogP contribution in [0.2, 0.25) is 5.02 Å². The van der Waals surface area contributed by atoms with Crippen LogP contribution >= 0.6 is 23.4 Å². The number of carbonyl (C=O) groups is 2. The van der Waals surface area contributed by atoms with E-state index in [1.165, 1.54) is 34.9 Å². The Labute approximate surface area is 199 Å². The van der Waals surface area contributed by atoms with Crippen LogP contribution in [-0.2, 0) is 16.2 Å². The fourth-order valence-corrected chi connectivity index (χ4v) is 6.07. The van der Waals surface area contributed by atoms with Gasteiger partial charge in [-0.1, -0.05) is 35.9 Å². The van der Waals surface area contributed by atoms with Crippen LogP contribution in [0.3, 0.4) is 0 Å². The molecule has 8 heteroatoms. The third-order valence-corrected chi connectivity index (χ3v) is 7.56. The molecule has 2 heterocycles. The van der Waals surface area contributed by atoms with E-state index in [2.05, 4.69) is 6.07 Å². The fourth-order valence-electron chi connectivity index (χ4n) is 4.45. The van der Waals surface area contributed by atoms with Crippen molar-refractivity contribution in [3.05, 3.63) is 99.8 Å². The van der Waals surface area contributed by atoms with Crippen LogP contribution < -0.4 is 4.90 Å². The average molecular weight is 478 g/mol. The van der Waals surface area contributed by atoms with E-state index in [-0.39, 0.29) is 18.0 Å². The van der Waals surface area contributed by atoms with E-state index in [9.17, 15) is 19.2 Å². The van der Waals surface area contributed by atoms with E-state index >= 15 is 0 Å². The van der Waals surface area contributed by atoms with Crippen molar-refractivity contribution in [2.24, 2.45) is 0 Å². The molecule has 0 radical (unpaired) electrons. The monoisotopic (exact) mass is 477 g/mol. The quantitative estimate of drug-likeness (QED) is 0.536. The maximum atomic E-state index is 14.5. The molecule has 1 atom stereocenters. The largest absolute Gasteiger partial charge is 0.311 e. The van der Waals surface area contributed by atoms with Gasteiger partial charge in [0, 0.05) is 22.9 Å². The Morgan fingerprint density at radius 2 is 1.97 bits per heavy atom. The van der Waals surface area contributed by atoms with Crippen LogP contribution in [0.1, 0.15) is 27.0 Å². The molecular formula is C25H17ClFN3O2S. The lowest BCUT2D eigenvalue weighted by molar-refractivity contribution is -0.123. The van der Waals surface area contributed by atoms with Crippen molar-refractivity contribution in [2.45, 2.75) is 11.4 Å². The van der Waals surface area contributed by atoms with Crippen LogP contribution in [0.4, 0.5) is 10.1 Å². The van der Waals surface area contributed by atoms with Gasteiger partial charge in [0.1, 0.15) is 5.82 Å². The summed E-state index contributed by atoms with van der Waals surface area (Å²) >= 11 is 7.66. The summed E-state index contributed by atoms with van der Waals surface area (Å²) in [4.78, 5) is 29.2. The second-order valence-electron chi connectivity index (χ2n) is 7.79. The molecule has 1 saturated heterocycles. The molecule has 1 fully saturated rings. The Balaban J connectivity index is 1.61. The lowest BCUT2D eigenvalue weighted by Gasteiger charge is -2.33. The van der Waals surface area contributed by atoms with Crippen LogP contribution in [-0.4, -0.2) is 29.0 Å². The van der Waals surface area contributed by atoms with E-state index in [4.69, 9.17) is 11.6 Å². The maximum absolute atomic E-state index is 14.5. The number of nitrogens with zero attached hydrogens (tertiary/aromatic N) is 3. The summed E-state index contributed by atoms with van der Waals surface area (Å²) in [6.45, 7) is 0.528. The molecule has 0 unspecified atom stereocenters. The highest BCUT2D eigenvalue weighted by Gasteiger charge is 2.59. The van der Waals surface area contributed by atoms with Gasteiger partial charge in [-0.25, -0.2) is 4.39 Å². The van der Waals surface area contributed by atoms with Gasteiger partial charge < -0.3 is 9.80 Å². The van der Waals surface area contributed by atoms with Crippen LogP contribution in [0.25, 0.3) is 0 Å². The zero-order valence-corrected chi connectivity index (χ0v) is 18.9. The normalized spacial score (nSPS) is 19.1. The van der Waals surface area contributed by atoms with E-state index in [1.54, 1.807) is 47.4 Å². The minimum Gasteiger partial charge on any atom is -0.311 e. The number of thioether (sulfide) groups is 1. The molecule has 0 aliphatic carbocycles. The first kappa shape index (κ1) is 21.5. The lowest BCUT2D eigenvalue weighted by atomic mass is 10.0. The molecule has 33 heavy (non-hydrogen) atoms. The molecule has 2 amide bonds. The Morgan fingerprint density at radius 1 is 1.15 bits per heavy atom. The number of carbonyl (C=O) groups excluding carboxylic acids is 2. The molecule has 2 aliphatic heterocycles. The molecule has 1 spiro atoms. The summed E-state index contributed by atoms with van der Waals surface area (Å²) in [7, 11) is 0. The van der Waals surface area contributed by atoms with Crippen molar-refractivity contribution in [3.8, 4) is 6.07 Å². The molecule has 5 rings (SSSR count). The van der Waals surface area contributed by atoms with Gasteiger partial charge >= 0.3 is 0 Å². The number of anilines is 1. The Morgan fingerprint density at radius 3 is 2.76 bits per heavy atom. The lowest BCUT2D eigenvalue weighted by Crippen LogP contribution is -2.50. The molecule has 5 nitrogen and oxygen atoms in total. The highest BCUT2D eigenvalue weighted by Crippen LogP contribution is 2.55. The zero-order chi connectivity index (χ0) is 23.2. The van der Waals surface area contributed by atoms with Crippen molar-refractivity contribution in [1.29, 1.82) is 5.26 Å². The van der Waals surface area contributed by atoms with Gasteiger partial charge in [0.15, 0.2) is 4.87 Å². The predicted octanol–water partition coefficient (Wildman–Crippen LogP) is 4.94. The zero-order valence-electron chi connectivity index (χ0n) is 17.3. The number of rotatable bonds is 3. The van der Waals surface area contributed by atoms with Gasteiger partial charge in [-0.05, 0) is 48.0 Å². The Bertz CT molecular complexity index is 1340. The number of halogens is 2. The minimum absolute atomic E-state index is 0.0732. The first-order valence-corrected chi connectivity index (χ1v) is 11.6. The second kappa shape index (κ2) is 8.22. The van der Waals surface area contributed by atoms with Gasteiger partial charge in [-0.3, -0.25) is 9.59 Å². The molecule has 3 aromatic rings. The van der Waals surface area contributed by atoms with Crippen LogP contribution in [0, 0.1) is 17.1 Å². The number of hydrogen-bond acceptors (Lipinski definition) is 4. The molecule has 2 aliphatic rings. The minimum atomic E-state index is -1.33. The standard InChI is InChI=1S/C25H17ClFN3O2S/c26-18-8-9-22-20(13-18)25(24(32)29(22)15-17-5-3-4-16(12-17)14-28)30(10-11-33-25)23(31)19-6-1-2-7-21(19)27/h1-9,12-13H,10-11,15H2/t25-/m0/s1. The average Bonchev–Trinajstić information content (AvgIpc) is 3.36. The van der Waals surface area contributed by atoms with E-state index in [0.717, 1.165) is 5.56 Å². The van der Waals surface area contributed by atoms with E-state index in [0.29, 0.717) is 34.1 Å². The van der Waals surface area contributed by atoms with Gasteiger partial charge in [0.05, 0.1) is 29.4 Å². The summed E-state index contributed by atoms with van der Waals surface area (Å²) in [5, 5.41) is 9.68. The predicted molar refractivity (Wildman–Crippen MR) is 125 cm³/mol. The second-order valence-corrected chi connectivity index (χ2v) is 9.52. The third kappa shape index (κ3) is 3.38. The molecule has 164 valence electrons. The fraction of sp³-hybridized carbons (Fsp3) is 0.160. The van der Waals surface area contributed by atoms with Gasteiger partial charge in [-0.2, -0.15) is 5.26 Å². The molecule has 0 saturated carbocycles. The molecule has 0 aromatic heterocycles. The van der Waals surface area contributed by atoms with Crippen molar-refractivity contribution in [1.82, 2.24) is 4.90 Å². The SMILES string of the molecule is N#Cc1cccc(CN2C(=O)[C@@]3(SCCN3C(=O)c3ccccc3F)c3cc(Cl)ccc32)c1. The van der Waals surface area contributed by atoms with Gasteiger partial charge in [-0.15, -0.1) is 11.8 Å². The maximum Gasteiger partial charge on any atom is 0.268 e. The topological polar surface area (TPSA) is 64.4 Å². The van der Waals surface area contributed by atoms with Gasteiger partial charge in [0.25, 0.3) is 11.8 Å². The molecular weight excluding hydrogens is 461 g/mol. The highest BCUT2D eigenvalue weighted by molar-refractivity contribution is 8.01. The summed E-state index contributed by atoms with van der Waals surface area (Å²) < 4.78 is 14.5. The third-order valence-electron chi connectivity index (χ3n) is 5.90. The summed E-state index contributed by atoms with van der Waals surface area (Å²) in [5.74, 6) is -0.924. The summed E-state index contributed by atoms with van der Waals surface area (Å²) in [6, 6.07) is 20.1. The number of amides is 2. The smallest absolute Gasteiger partial charge is 0.268 e. The number of fused-ring (bicyclic) bond motifs is 2. The number of benzene rings is 3. The molecule has 0 bridgehead atoms. The summed E-state index contributed by atoms with van der Waals surface area (Å²) in [6.07, 6.45) is 0. The van der Waals surface area contributed by atoms with Crippen LogP contribution in [0.5, 0.6) is 0 Å². The van der Waals surface area contributed by atoms with Crippen molar-refractivity contribution in [2.75, 3.05) is 17.2 Å². The Kier molecular flexibility index (Phi) is 5.35. The number of nitriles is 1. The number of hydrogen-bond donors (Lipinski definition) is 0. The molecule has 0 N–H and O–H groups in total. The van der Waals surface area contributed by atoms with Crippen molar-refractivity contribution < 1.29 is 14.0 Å². The first-order chi connectivity index (χ1) is 16.0. The summed E-state index contributed by atoms with van der Waals surface area (Å²) in [5.41, 5.74) is 2.47. The van der Waals surface area contributed by atoms with Crippen LogP contribution in [0.15, 0.2) is 66.7 Å². The van der Waals surface area contributed by atoms with E-state index < -0.39 is 16.6 Å². The van der Waals surface area contributed by atoms with Gasteiger partial charge in [0.2, 0.25) is 0 Å². The van der Waals surface area contributed by atoms with Crippen molar-refractivity contribution >= 4 is 40.9 Å². The Hall–Kier alpha value is -3.34.